The van der Waals surface area contributed by atoms with Gasteiger partial charge in [0, 0.05) is 18.1 Å². The van der Waals surface area contributed by atoms with Crippen LogP contribution < -0.4 is 5.73 Å². The van der Waals surface area contributed by atoms with E-state index in [1.54, 1.807) is 0 Å². The van der Waals surface area contributed by atoms with Gasteiger partial charge in [0.1, 0.15) is 0 Å². The van der Waals surface area contributed by atoms with Crippen LogP contribution in [0.2, 0.25) is 0 Å². The molecule has 0 radical (unpaired) electrons. The Morgan fingerprint density at radius 3 is 2.81 bits per heavy atom. The fraction of sp³-hybridized carbons (Fsp3) is 1.00. The van der Waals surface area contributed by atoms with Crippen molar-refractivity contribution in [2.24, 2.45) is 11.7 Å². The molecule has 3 atom stereocenters. The number of likely N-dealkylation sites (tertiary alicyclic amines) is 1. The summed E-state index contributed by atoms with van der Waals surface area (Å²) in [5.74, 6) is 0.835. The highest BCUT2D eigenvalue weighted by Crippen LogP contribution is 2.33. The summed E-state index contributed by atoms with van der Waals surface area (Å²) >= 11 is 0. The molecule has 1 aliphatic carbocycles. The molecular formula is C14H28N2. The maximum Gasteiger partial charge on any atom is 0.0286 e. The molecule has 1 saturated carbocycles. The first-order chi connectivity index (χ1) is 7.63. The molecule has 2 nitrogen and oxygen atoms in total. The summed E-state index contributed by atoms with van der Waals surface area (Å²) < 4.78 is 0. The fourth-order valence-corrected chi connectivity index (χ4v) is 3.81. The smallest absolute Gasteiger partial charge is 0.0286 e. The molecule has 1 heterocycles. The van der Waals surface area contributed by atoms with Crippen molar-refractivity contribution < 1.29 is 0 Å². The molecule has 0 aromatic carbocycles. The Kier molecular flexibility index (Phi) is 3.91. The van der Waals surface area contributed by atoms with E-state index < -0.39 is 0 Å². The molecule has 2 heteroatoms. The highest BCUT2D eigenvalue weighted by atomic mass is 15.2. The van der Waals surface area contributed by atoms with Gasteiger partial charge >= 0.3 is 0 Å². The van der Waals surface area contributed by atoms with Crippen molar-refractivity contribution in [2.45, 2.75) is 70.4 Å². The van der Waals surface area contributed by atoms with E-state index in [4.69, 9.17) is 5.73 Å². The Bertz CT molecular complexity index is 229. The van der Waals surface area contributed by atoms with Crippen molar-refractivity contribution in [3.05, 3.63) is 0 Å². The molecule has 0 amide bonds. The van der Waals surface area contributed by atoms with Crippen LogP contribution in [-0.2, 0) is 0 Å². The van der Waals surface area contributed by atoms with Gasteiger partial charge in [-0.25, -0.2) is 0 Å². The zero-order chi connectivity index (χ0) is 11.6. The van der Waals surface area contributed by atoms with Crippen molar-refractivity contribution in [3.8, 4) is 0 Å². The second-order valence-electron chi connectivity index (χ2n) is 6.24. The van der Waals surface area contributed by atoms with Gasteiger partial charge in [0.05, 0.1) is 0 Å². The second-order valence-corrected chi connectivity index (χ2v) is 6.24. The van der Waals surface area contributed by atoms with Gasteiger partial charge in [-0.05, 0) is 44.6 Å². The van der Waals surface area contributed by atoms with Gasteiger partial charge in [0.25, 0.3) is 0 Å². The molecule has 2 rings (SSSR count). The maximum atomic E-state index is 6.60. The summed E-state index contributed by atoms with van der Waals surface area (Å²) in [6, 6.07) is 0.817. The minimum absolute atomic E-state index is 0.120. The van der Waals surface area contributed by atoms with Crippen LogP contribution in [0.1, 0.15) is 58.8 Å². The van der Waals surface area contributed by atoms with Crippen LogP contribution in [-0.4, -0.2) is 29.6 Å². The van der Waals surface area contributed by atoms with Crippen molar-refractivity contribution >= 4 is 0 Å². The van der Waals surface area contributed by atoms with Gasteiger partial charge in [0.15, 0.2) is 0 Å². The molecule has 1 saturated heterocycles. The van der Waals surface area contributed by atoms with Gasteiger partial charge in [-0.2, -0.15) is 0 Å². The van der Waals surface area contributed by atoms with E-state index >= 15 is 0 Å². The lowest BCUT2D eigenvalue weighted by molar-refractivity contribution is 0.139. The summed E-state index contributed by atoms with van der Waals surface area (Å²) in [6.07, 6.45) is 9.26. The molecule has 3 unspecified atom stereocenters. The highest BCUT2D eigenvalue weighted by molar-refractivity contribution is 4.94. The molecule has 2 N–H and O–H groups in total. The van der Waals surface area contributed by atoms with Crippen molar-refractivity contribution in [1.82, 2.24) is 4.90 Å². The molecule has 2 aliphatic rings. The SMILES string of the molecule is CCC1CCCN1CC1(N)CCCC(C)C1. The van der Waals surface area contributed by atoms with Crippen LogP contribution in [0, 0.1) is 5.92 Å². The van der Waals surface area contributed by atoms with Crippen molar-refractivity contribution in [1.29, 1.82) is 0 Å². The molecule has 16 heavy (non-hydrogen) atoms. The van der Waals surface area contributed by atoms with Crippen molar-refractivity contribution in [3.63, 3.8) is 0 Å². The summed E-state index contributed by atoms with van der Waals surface area (Å²) in [5.41, 5.74) is 6.73. The van der Waals surface area contributed by atoms with Gasteiger partial charge in [-0.1, -0.05) is 26.7 Å². The zero-order valence-corrected chi connectivity index (χ0v) is 11.0. The van der Waals surface area contributed by atoms with E-state index in [-0.39, 0.29) is 5.54 Å². The Morgan fingerprint density at radius 1 is 1.31 bits per heavy atom. The largest absolute Gasteiger partial charge is 0.324 e. The molecule has 0 bridgehead atoms. The standard InChI is InChI=1S/C14H28N2/c1-3-13-7-5-9-16(13)11-14(15)8-4-6-12(2)10-14/h12-13H,3-11,15H2,1-2H3. The second kappa shape index (κ2) is 5.05. The molecular weight excluding hydrogens is 196 g/mol. The normalized spacial score (nSPS) is 41.4. The summed E-state index contributed by atoms with van der Waals surface area (Å²) in [7, 11) is 0. The first-order valence-corrected chi connectivity index (χ1v) is 7.16. The first kappa shape index (κ1) is 12.4. The van der Waals surface area contributed by atoms with Gasteiger partial charge < -0.3 is 5.73 Å². The average molecular weight is 224 g/mol. The Hall–Kier alpha value is -0.0800. The van der Waals surface area contributed by atoms with E-state index in [0.29, 0.717) is 0 Å². The zero-order valence-electron chi connectivity index (χ0n) is 11.0. The lowest BCUT2D eigenvalue weighted by atomic mass is 9.76. The van der Waals surface area contributed by atoms with E-state index in [1.807, 2.05) is 0 Å². The van der Waals surface area contributed by atoms with Gasteiger partial charge in [0.2, 0.25) is 0 Å². The van der Waals surface area contributed by atoms with Crippen molar-refractivity contribution in [2.75, 3.05) is 13.1 Å². The summed E-state index contributed by atoms with van der Waals surface area (Å²) in [6.45, 7) is 7.11. The number of hydrogen-bond donors (Lipinski definition) is 1. The molecule has 0 aromatic rings. The van der Waals surface area contributed by atoms with E-state index in [1.165, 1.54) is 51.5 Å². The number of nitrogens with zero attached hydrogens (tertiary/aromatic N) is 1. The lowest BCUT2D eigenvalue weighted by Gasteiger charge is -2.41. The molecule has 1 aliphatic heterocycles. The van der Waals surface area contributed by atoms with Gasteiger partial charge in [-0.15, -0.1) is 0 Å². The maximum absolute atomic E-state index is 6.60. The number of nitrogens with two attached hydrogens (primary N) is 1. The minimum atomic E-state index is 0.120. The van der Waals surface area contributed by atoms with E-state index in [9.17, 15) is 0 Å². The summed E-state index contributed by atoms with van der Waals surface area (Å²) in [4.78, 5) is 2.66. The first-order valence-electron chi connectivity index (χ1n) is 7.16. The number of rotatable bonds is 3. The summed E-state index contributed by atoms with van der Waals surface area (Å²) in [5, 5.41) is 0. The molecule has 0 spiro atoms. The lowest BCUT2D eigenvalue weighted by Crippen LogP contribution is -2.53. The van der Waals surface area contributed by atoms with Gasteiger partial charge in [-0.3, -0.25) is 4.90 Å². The van der Waals surface area contributed by atoms with Crippen LogP contribution in [0.15, 0.2) is 0 Å². The number of hydrogen-bond acceptors (Lipinski definition) is 2. The van der Waals surface area contributed by atoms with Crippen LogP contribution >= 0.6 is 0 Å². The topological polar surface area (TPSA) is 29.3 Å². The third kappa shape index (κ3) is 2.78. The monoisotopic (exact) mass is 224 g/mol. The predicted octanol–water partition coefficient (Wildman–Crippen LogP) is 2.77. The van der Waals surface area contributed by atoms with E-state index in [0.717, 1.165) is 18.5 Å². The Balaban J connectivity index is 1.91. The van der Waals surface area contributed by atoms with Crippen LogP contribution in [0.5, 0.6) is 0 Å². The quantitative estimate of drug-likeness (QED) is 0.798. The predicted molar refractivity (Wildman–Crippen MR) is 69.4 cm³/mol. The van der Waals surface area contributed by atoms with Crippen LogP contribution in [0.25, 0.3) is 0 Å². The van der Waals surface area contributed by atoms with Crippen LogP contribution in [0.4, 0.5) is 0 Å². The molecule has 2 fully saturated rings. The average Bonchev–Trinajstić information content (AvgIpc) is 2.63. The van der Waals surface area contributed by atoms with Crippen LogP contribution in [0.3, 0.4) is 0 Å². The van der Waals surface area contributed by atoms with E-state index in [2.05, 4.69) is 18.7 Å². The highest BCUT2D eigenvalue weighted by Gasteiger charge is 2.35. The Morgan fingerprint density at radius 2 is 2.12 bits per heavy atom. The third-order valence-electron chi connectivity index (χ3n) is 4.61. The molecule has 94 valence electrons. The molecule has 0 aromatic heterocycles. The minimum Gasteiger partial charge on any atom is -0.324 e. The Labute approximate surface area is 101 Å². The fourth-order valence-electron chi connectivity index (χ4n) is 3.81. The third-order valence-corrected chi connectivity index (χ3v) is 4.61.